The van der Waals surface area contributed by atoms with Crippen LogP contribution < -0.4 is 4.74 Å². The van der Waals surface area contributed by atoms with Crippen LogP contribution in [-0.4, -0.2) is 36.2 Å². The molecule has 6 heteroatoms. The van der Waals surface area contributed by atoms with E-state index in [4.69, 9.17) is 9.84 Å². The third-order valence-electron chi connectivity index (χ3n) is 4.65. The SMILES string of the molecule is COc1c(C(=O)CO)ccc2c1C(=O)c1cc3ccccc3cc1C2=O.Cl. The average Bonchev–Trinajstić information content (AvgIpc) is 2.69. The van der Waals surface area contributed by atoms with Crippen LogP contribution in [0.1, 0.15) is 42.2 Å². The number of carbonyl (C=O) groups excluding carboxylic acids is 3. The van der Waals surface area contributed by atoms with Crippen molar-refractivity contribution < 1.29 is 24.2 Å². The maximum atomic E-state index is 13.1. The standard InChI is InChI=1S/C21H14O5.ClH/c1-26-21-13(17(23)10-22)6-7-14-18(21)20(25)16-9-12-5-3-2-4-11(12)8-15(16)19(14)24;/h2-9,22H,10H2,1H3;1H. The van der Waals surface area contributed by atoms with Crippen molar-refractivity contribution in [3.8, 4) is 5.75 Å². The van der Waals surface area contributed by atoms with Crippen LogP contribution in [0.3, 0.4) is 0 Å². The van der Waals surface area contributed by atoms with Gasteiger partial charge < -0.3 is 9.84 Å². The lowest BCUT2D eigenvalue weighted by molar-refractivity contribution is 0.0899. The van der Waals surface area contributed by atoms with Crippen LogP contribution in [0.25, 0.3) is 10.8 Å². The van der Waals surface area contributed by atoms with Gasteiger partial charge in [0.2, 0.25) is 0 Å². The van der Waals surface area contributed by atoms with E-state index in [2.05, 4.69) is 0 Å². The monoisotopic (exact) mass is 382 g/mol. The molecule has 0 heterocycles. The van der Waals surface area contributed by atoms with Crippen molar-refractivity contribution in [2.75, 3.05) is 13.7 Å². The summed E-state index contributed by atoms with van der Waals surface area (Å²) < 4.78 is 5.28. The lowest BCUT2D eigenvalue weighted by Crippen LogP contribution is -2.23. The molecule has 1 aliphatic rings. The Kier molecular flexibility index (Phi) is 4.83. The van der Waals surface area contributed by atoms with Crippen LogP contribution in [0, 0.1) is 0 Å². The fourth-order valence-corrected chi connectivity index (χ4v) is 3.41. The van der Waals surface area contributed by atoms with Gasteiger partial charge in [0.25, 0.3) is 0 Å². The molecule has 0 radical (unpaired) electrons. The lowest BCUT2D eigenvalue weighted by atomic mass is 9.81. The summed E-state index contributed by atoms with van der Waals surface area (Å²) in [6, 6.07) is 13.7. The second-order valence-electron chi connectivity index (χ2n) is 6.05. The highest BCUT2D eigenvalue weighted by Crippen LogP contribution is 2.37. The number of halogens is 1. The third kappa shape index (κ3) is 2.72. The van der Waals surface area contributed by atoms with Gasteiger partial charge in [0.1, 0.15) is 12.4 Å². The highest BCUT2D eigenvalue weighted by atomic mass is 35.5. The van der Waals surface area contributed by atoms with Gasteiger partial charge in [-0.2, -0.15) is 0 Å². The van der Waals surface area contributed by atoms with Crippen molar-refractivity contribution in [1.29, 1.82) is 0 Å². The molecule has 1 N–H and O–H groups in total. The molecule has 0 saturated heterocycles. The molecular formula is C21H15ClO5. The fraction of sp³-hybridized carbons (Fsp3) is 0.0952. The first-order chi connectivity index (χ1) is 12.6. The Morgan fingerprint density at radius 1 is 0.926 bits per heavy atom. The van der Waals surface area contributed by atoms with E-state index >= 15 is 0 Å². The molecule has 0 bridgehead atoms. The summed E-state index contributed by atoms with van der Waals surface area (Å²) in [5.41, 5.74) is 0.973. The van der Waals surface area contributed by atoms with Crippen molar-refractivity contribution in [1.82, 2.24) is 0 Å². The maximum Gasteiger partial charge on any atom is 0.198 e. The van der Waals surface area contributed by atoms with Crippen molar-refractivity contribution in [2.24, 2.45) is 0 Å². The van der Waals surface area contributed by atoms with E-state index in [0.29, 0.717) is 5.56 Å². The molecule has 5 nitrogen and oxygen atoms in total. The van der Waals surface area contributed by atoms with E-state index in [-0.39, 0.29) is 52.0 Å². The Morgan fingerprint density at radius 3 is 2.07 bits per heavy atom. The molecule has 0 fully saturated rings. The number of carbonyl (C=O) groups is 3. The number of ether oxygens (including phenoxy) is 1. The molecule has 0 aliphatic heterocycles. The Bertz CT molecular complexity index is 1120. The van der Waals surface area contributed by atoms with Crippen molar-refractivity contribution in [3.05, 3.63) is 76.3 Å². The minimum atomic E-state index is -0.710. The maximum absolute atomic E-state index is 13.1. The fourth-order valence-electron chi connectivity index (χ4n) is 3.41. The largest absolute Gasteiger partial charge is 0.495 e. The van der Waals surface area contributed by atoms with Crippen LogP contribution in [-0.2, 0) is 0 Å². The predicted octanol–water partition coefficient (Wildman–Crippen LogP) is 3.22. The van der Waals surface area contributed by atoms with E-state index < -0.39 is 12.4 Å². The number of aliphatic hydroxyl groups is 1. The lowest BCUT2D eigenvalue weighted by Gasteiger charge is -2.21. The van der Waals surface area contributed by atoms with E-state index in [0.717, 1.165) is 10.8 Å². The van der Waals surface area contributed by atoms with Gasteiger partial charge in [0.15, 0.2) is 17.3 Å². The molecule has 1 aliphatic carbocycles. The normalized spacial score (nSPS) is 12.2. The van der Waals surface area contributed by atoms with E-state index in [1.807, 2.05) is 24.3 Å². The number of Topliss-reactive ketones (excluding diaryl/α,β-unsaturated/α-hetero) is 1. The van der Waals surface area contributed by atoms with Crippen molar-refractivity contribution >= 4 is 40.5 Å². The quantitative estimate of drug-likeness (QED) is 0.550. The molecule has 4 rings (SSSR count). The number of benzene rings is 3. The number of hydrogen-bond donors (Lipinski definition) is 1. The Morgan fingerprint density at radius 2 is 1.52 bits per heavy atom. The minimum absolute atomic E-state index is 0. The zero-order valence-electron chi connectivity index (χ0n) is 14.3. The number of hydrogen-bond acceptors (Lipinski definition) is 5. The molecule has 0 atom stereocenters. The summed E-state index contributed by atoms with van der Waals surface area (Å²) in [6.07, 6.45) is 0. The number of aliphatic hydroxyl groups excluding tert-OH is 1. The number of rotatable bonds is 3. The zero-order chi connectivity index (χ0) is 18.4. The second-order valence-corrected chi connectivity index (χ2v) is 6.05. The highest BCUT2D eigenvalue weighted by Gasteiger charge is 2.34. The predicted molar refractivity (Wildman–Crippen MR) is 102 cm³/mol. The highest BCUT2D eigenvalue weighted by molar-refractivity contribution is 6.31. The van der Waals surface area contributed by atoms with Gasteiger partial charge in [-0.05, 0) is 35.0 Å². The van der Waals surface area contributed by atoms with Crippen LogP contribution >= 0.6 is 12.4 Å². The van der Waals surface area contributed by atoms with Crippen LogP contribution in [0.2, 0.25) is 0 Å². The van der Waals surface area contributed by atoms with E-state index in [1.54, 1.807) is 12.1 Å². The van der Waals surface area contributed by atoms with Gasteiger partial charge in [-0.15, -0.1) is 12.4 Å². The summed E-state index contributed by atoms with van der Waals surface area (Å²) >= 11 is 0. The molecule has 0 amide bonds. The van der Waals surface area contributed by atoms with E-state index in [1.165, 1.54) is 19.2 Å². The first-order valence-electron chi connectivity index (χ1n) is 8.04. The molecule has 0 unspecified atom stereocenters. The molecule has 0 aromatic heterocycles. The van der Waals surface area contributed by atoms with Gasteiger partial charge >= 0.3 is 0 Å². The number of ketones is 3. The second kappa shape index (κ2) is 6.95. The summed E-state index contributed by atoms with van der Waals surface area (Å²) in [5, 5.41) is 10.9. The van der Waals surface area contributed by atoms with Crippen LogP contribution in [0.5, 0.6) is 5.75 Å². The molecule has 0 saturated carbocycles. The number of methoxy groups -OCH3 is 1. The Hall–Kier alpha value is -3.02. The topological polar surface area (TPSA) is 80.7 Å². The van der Waals surface area contributed by atoms with E-state index in [9.17, 15) is 14.4 Å². The molecule has 27 heavy (non-hydrogen) atoms. The third-order valence-corrected chi connectivity index (χ3v) is 4.65. The Balaban J connectivity index is 0.00000210. The van der Waals surface area contributed by atoms with Gasteiger partial charge in [-0.3, -0.25) is 14.4 Å². The van der Waals surface area contributed by atoms with Gasteiger partial charge in [0.05, 0.1) is 18.2 Å². The molecule has 3 aromatic carbocycles. The van der Waals surface area contributed by atoms with Gasteiger partial charge in [0, 0.05) is 16.7 Å². The number of fused-ring (bicyclic) bond motifs is 3. The molecule has 136 valence electrons. The summed E-state index contributed by atoms with van der Waals surface area (Å²) in [5.74, 6) is -1.21. The van der Waals surface area contributed by atoms with Crippen molar-refractivity contribution in [2.45, 2.75) is 0 Å². The molecule has 0 spiro atoms. The van der Waals surface area contributed by atoms with Gasteiger partial charge in [-0.1, -0.05) is 24.3 Å². The molecule has 3 aromatic rings. The van der Waals surface area contributed by atoms with Gasteiger partial charge in [-0.25, -0.2) is 0 Å². The Labute approximate surface area is 161 Å². The smallest absolute Gasteiger partial charge is 0.198 e. The summed E-state index contributed by atoms with van der Waals surface area (Å²) in [4.78, 5) is 38.1. The van der Waals surface area contributed by atoms with Crippen LogP contribution in [0.15, 0.2) is 48.5 Å². The van der Waals surface area contributed by atoms with Crippen molar-refractivity contribution in [3.63, 3.8) is 0 Å². The van der Waals surface area contributed by atoms with Crippen LogP contribution in [0.4, 0.5) is 0 Å². The summed E-state index contributed by atoms with van der Waals surface area (Å²) in [7, 11) is 1.33. The first kappa shape index (κ1) is 18.8. The molecular weight excluding hydrogens is 368 g/mol. The average molecular weight is 383 g/mol. The first-order valence-corrected chi connectivity index (χ1v) is 8.04. The summed E-state index contributed by atoms with van der Waals surface area (Å²) in [6.45, 7) is -0.710. The zero-order valence-corrected chi connectivity index (χ0v) is 15.1. The minimum Gasteiger partial charge on any atom is -0.495 e.